The average Bonchev–Trinajstić information content (AvgIpc) is 2.82. The van der Waals surface area contributed by atoms with E-state index in [9.17, 15) is 8.78 Å². The van der Waals surface area contributed by atoms with E-state index in [1.54, 1.807) is 25.2 Å². The van der Waals surface area contributed by atoms with E-state index in [0.717, 1.165) is 0 Å². The molecule has 0 atom stereocenters. The van der Waals surface area contributed by atoms with E-state index < -0.39 is 6.43 Å². The third-order valence-electron chi connectivity index (χ3n) is 3.19. The molecule has 0 N–H and O–H groups in total. The first-order valence-corrected chi connectivity index (χ1v) is 6.79. The lowest BCUT2D eigenvalue weighted by molar-refractivity contribution is 0.153. The Kier molecular flexibility index (Phi) is 3.55. The third-order valence-corrected chi connectivity index (χ3v) is 3.93. The van der Waals surface area contributed by atoms with Crippen LogP contribution in [-0.4, -0.2) is 14.8 Å². The number of alkyl halides is 2. The Morgan fingerprint density at radius 1 is 1.14 bits per heavy atom. The van der Waals surface area contributed by atoms with Crippen LogP contribution in [0.2, 0.25) is 10.0 Å². The molecule has 0 radical (unpaired) electrons. The van der Waals surface area contributed by atoms with Gasteiger partial charge in [-0.25, -0.2) is 13.8 Å². The molecule has 1 aromatic carbocycles. The van der Waals surface area contributed by atoms with Gasteiger partial charge in [-0.1, -0.05) is 29.3 Å². The fraction of sp³-hybridized carbons (Fsp3) is 0.143. The molecule has 21 heavy (non-hydrogen) atoms. The Morgan fingerprint density at radius 3 is 2.57 bits per heavy atom. The van der Waals surface area contributed by atoms with Crippen molar-refractivity contribution in [2.75, 3.05) is 0 Å². The van der Waals surface area contributed by atoms with Crippen molar-refractivity contribution in [3.63, 3.8) is 0 Å². The van der Waals surface area contributed by atoms with Gasteiger partial charge in [0.05, 0.1) is 21.9 Å². The number of hydrogen-bond acceptors (Lipinski definition) is 2. The molecule has 0 spiro atoms. The number of benzene rings is 1. The minimum Gasteiger partial charge on any atom is -0.250 e. The van der Waals surface area contributed by atoms with E-state index in [1.165, 1.54) is 16.9 Å². The molecule has 2 aromatic heterocycles. The van der Waals surface area contributed by atoms with Crippen molar-refractivity contribution in [3.8, 4) is 11.3 Å². The second-order valence-electron chi connectivity index (χ2n) is 4.53. The molecule has 2 heterocycles. The highest BCUT2D eigenvalue weighted by Gasteiger charge is 2.17. The molecule has 0 bridgehead atoms. The second-order valence-corrected chi connectivity index (χ2v) is 5.35. The SMILES string of the molecule is Cn1ncc2c(C(F)F)cc(-c3ccc(Cl)c(Cl)c3)nc21. The molecule has 0 amide bonds. The van der Waals surface area contributed by atoms with Crippen LogP contribution in [0.3, 0.4) is 0 Å². The van der Waals surface area contributed by atoms with Gasteiger partial charge in [-0.2, -0.15) is 5.10 Å². The van der Waals surface area contributed by atoms with Gasteiger partial charge in [-0.3, -0.25) is 4.68 Å². The third kappa shape index (κ3) is 2.47. The minimum absolute atomic E-state index is 0.103. The van der Waals surface area contributed by atoms with Crippen molar-refractivity contribution < 1.29 is 8.78 Å². The summed E-state index contributed by atoms with van der Waals surface area (Å²) in [6.45, 7) is 0. The largest absolute Gasteiger partial charge is 0.264 e. The average molecular weight is 328 g/mol. The first-order valence-electron chi connectivity index (χ1n) is 6.03. The summed E-state index contributed by atoms with van der Waals surface area (Å²) >= 11 is 11.8. The zero-order valence-corrected chi connectivity index (χ0v) is 12.3. The monoisotopic (exact) mass is 327 g/mol. The van der Waals surface area contributed by atoms with Crippen LogP contribution < -0.4 is 0 Å². The summed E-state index contributed by atoms with van der Waals surface area (Å²) in [5.41, 5.74) is 1.32. The van der Waals surface area contributed by atoms with Gasteiger partial charge in [0.2, 0.25) is 0 Å². The van der Waals surface area contributed by atoms with E-state index in [2.05, 4.69) is 10.1 Å². The number of halogens is 4. The van der Waals surface area contributed by atoms with Gasteiger partial charge in [-0.15, -0.1) is 0 Å². The molecule has 3 aromatic rings. The first-order chi connectivity index (χ1) is 9.97. The lowest BCUT2D eigenvalue weighted by atomic mass is 10.1. The van der Waals surface area contributed by atoms with E-state index in [1.807, 2.05) is 0 Å². The van der Waals surface area contributed by atoms with Crippen LogP contribution in [0.25, 0.3) is 22.3 Å². The molecule has 0 aliphatic carbocycles. The zero-order chi connectivity index (χ0) is 15.1. The van der Waals surface area contributed by atoms with E-state index in [-0.39, 0.29) is 5.56 Å². The summed E-state index contributed by atoms with van der Waals surface area (Å²) in [6.07, 6.45) is -1.22. The summed E-state index contributed by atoms with van der Waals surface area (Å²) in [6, 6.07) is 6.25. The van der Waals surface area contributed by atoms with Crippen molar-refractivity contribution in [1.82, 2.24) is 14.8 Å². The second kappa shape index (κ2) is 5.24. The van der Waals surface area contributed by atoms with Gasteiger partial charge in [0.15, 0.2) is 5.65 Å². The number of hydrogen-bond donors (Lipinski definition) is 0. The fourth-order valence-electron chi connectivity index (χ4n) is 2.12. The molecule has 0 saturated carbocycles. The number of nitrogens with zero attached hydrogens (tertiary/aromatic N) is 3. The van der Waals surface area contributed by atoms with E-state index in [4.69, 9.17) is 23.2 Å². The van der Waals surface area contributed by atoms with Crippen LogP contribution in [0, 0.1) is 0 Å². The molecular formula is C14H9Cl2F2N3. The molecule has 0 unspecified atom stereocenters. The van der Waals surface area contributed by atoms with Gasteiger partial charge in [0, 0.05) is 23.6 Å². The molecular weight excluding hydrogens is 319 g/mol. The summed E-state index contributed by atoms with van der Waals surface area (Å²) in [5, 5.41) is 5.07. The van der Waals surface area contributed by atoms with Crippen LogP contribution in [0.15, 0.2) is 30.5 Å². The normalized spacial score (nSPS) is 11.5. The van der Waals surface area contributed by atoms with Crippen LogP contribution in [-0.2, 0) is 7.05 Å². The highest BCUT2D eigenvalue weighted by Crippen LogP contribution is 2.33. The van der Waals surface area contributed by atoms with Gasteiger partial charge in [0.1, 0.15) is 0 Å². The van der Waals surface area contributed by atoms with Crippen molar-refractivity contribution in [1.29, 1.82) is 0 Å². The number of rotatable bonds is 2. The standard InChI is InChI=1S/C14H9Cl2F2N3/c1-21-14-9(6-19-21)8(13(17)18)5-12(20-14)7-2-3-10(15)11(16)4-7/h2-6,13H,1H3. The molecule has 3 rings (SSSR count). The highest BCUT2D eigenvalue weighted by molar-refractivity contribution is 6.42. The van der Waals surface area contributed by atoms with Crippen molar-refractivity contribution in [3.05, 3.63) is 46.1 Å². The number of aromatic nitrogens is 3. The van der Waals surface area contributed by atoms with Gasteiger partial charge in [-0.05, 0) is 18.2 Å². The highest BCUT2D eigenvalue weighted by atomic mass is 35.5. The minimum atomic E-state index is -2.61. The zero-order valence-electron chi connectivity index (χ0n) is 10.8. The Morgan fingerprint density at radius 2 is 1.90 bits per heavy atom. The van der Waals surface area contributed by atoms with Crippen LogP contribution in [0.5, 0.6) is 0 Å². The lowest BCUT2D eigenvalue weighted by Gasteiger charge is -2.08. The number of fused-ring (bicyclic) bond motifs is 1. The fourth-order valence-corrected chi connectivity index (χ4v) is 2.42. The van der Waals surface area contributed by atoms with Crippen LogP contribution in [0.4, 0.5) is 8.78 Å². The Bertz CT molecular complexity index is 830. The van der Waals surface area contributed by atoms with E-state index >= 15 is 0 Å². The summed E-state index contributed by atoms with van der Waals surface area (Å²) in [5.74, 6) is 0. The molecule has 3 nitrogen and oxygen atoms in total. The quantitative estimate of drug-likeness (QED) is 0.671. The maximum absolute atomic E-state index is 13.2. The summed E-state index contributed by atoms with van der Waals surface area (Å²) in [7, 11) is 1.66. The maximum atomic E-state index is 13.2. The number of pyridine rings is 1. The van der Waals surface area contributed by atoms with Crippen molar-refractivity contribution in [2.45, 2.75) is 6.43 Å². The molecule has 7 heteroatoms. The Balaban J connectivity index is 2.27. The Labute approximate surface area is 129 Å². The molecule has 0 saturated heterocycles. The maximum Gasteiger partial charge on any atom is 0.264 e. The number of aryl methyl sites for hydroxylation is 1. The van der Waals surface area contributed by atoms with Crippen LogP contribution in [0.1, 0.15) is 12.0 Å². The van der Waals surface area contributed by atoms with E-state index in [0.29, 0.717) is 32.3 Å². The van der Waals surface area contributed by atoms with Crippen molar-refractivity contribution >= 4 is 34.2 Å². The van der Waals surface area contributed by atoms with Gasteiger partial charge >= 0.3 is 0 Å². The molecule has 108 valence electrons. The van der Waals surface area contributed by atoms with Crippen molar-refractivity contribution in [2.24, 2.45) is 7.05 Å². The van der Waals surface area contributed by atoms with Gasteiger partial charge < -0.3 is 0 Å². The predicted molar refractivity (Wildman–Crippen MR) is 78.9 cm³/mol. The Hall–Kier alpha value is -1.72. The smallest absolute Gasteiger partial charge is 0.250 e. The predicted octanol–water partition coefficient (Wildman–Crippen LogP) is 4.88. The summed E-state index contributed by atoms with van der Waals surface area (Å²) in [4.78, 5) is 4.38. The summed E-state index contributed by atoms with van der Waals surface area (Å²) < 4.78 is 27.9. The van der Waals surface area contributed by atoms with Crippen LogP contribution >= 0.6 is 23.2 Å². The molecule has 0 aliphatic rings. The molecule has 0 fully saturated rings. The topological polar surface area (TPSA) is 30.7 Å². The lowest BCUT2D eigenvalue weighted by Crippen LogP contribution is -1.96. The van der Waals surface area contributed by atoms with Gasteiger partial charge in [0.25, 0.3) is 6.43 Å². The molecule has 0 aliphatic heterocycles. The first kappa shape index (κ1) is 14.2.